The Balaban J connectivity index is 1.81. The van der Waals surface area contributed by atoms with Gasteiger partial charge in [0.15, 0.2) is 0 Å². The Morgan fingerprint density at radius 1 is 1.11 bits per heavy atom. The summed E-state index contributed by atoms with van der Waals surface area (Å²) < 4.78 is 3.84. The van der Waals surface area contributed by atoms with Crippen molar-refractivity contribution in [2.75, 3.05) is 0 Å². The Bertz CT molecular complexity index is 1390. The third-order valence-corrected chi connectivity index (χ3v) is 6.24. The minimum atomic E-state index is -0.538. The summed E-state index contributed by atoms with van der Waals surface area (Å²) in [5.41, 5.74) is -0.603. The van der Waals surface area contributed by atoms with Crippen molar-refractivity contribution < 1.29 is 9.59 Å². The average Bonchev–Trinajstić information content (AvgIpc) is 3.11. The molecule has 3 aromatic rings. The first-order chi connectivity index (χ1) is 16.6. The predicted octanol–water partition coefficient (Wildman–Crippen LogP) is 2.20. The minimum Gasteiger partial charge on any atom is -0.350 e. The largest absolute Gasteiger partial charge is 0.352 e. The molecule has 1 aliphatic carbocycles. The van der Waals surface area contributed by atoms with Crippen LogP contribution in [0, 0.1) is 0 Å². The van der Waals surface area contributed by atoms with Crippen LogP contribution in [0.15, 0.2) is 27.8 Å². The van der Waals surface area contributed by atoms with E-state index in [1.165, 1.54) is 15.4 Å². The Morgan fingerprint density at radius 2 is 1.83 bits per heavy atom. The van der Waals surface area contributed by atoms with Crippen LogP contribution in [0.25, 0.3) is 16.7 Å². The Labute approximate surface area is 203 Å². The lowest BCUT2D eigenvalue weighted by atomic mass is 9.95. The Hall–Kier alpha value is -3.43. The van der Waals surface area contributed by atoms with Gasteiger partial charge in [0.05, 0.1) is 10.9 Å². The molecule has 0 spiro atoms. The number of nitrogens with zero attached hydrogens (tertiary/aromatic N) is 4. The predicted molar refractivity (Wildman–Crippen MR) is 134 cm³/mol. The van der Waals surface area contributed by atoms with Crippen molar-refractivity contribution in [2.24, 2.45) is 0 Å². The van der Waals surface area contributed by atoms with Gasteiger partial charge < -0.3 is 10.6 Å². The molecule has 2 aromatic heterocycles. The fourth-order valence-electron chi connectivity index (χ4n) is 4.69. The maximum atomic E-state index is 13.4. The van der Waals surface area contributed by atoms with E-state index in [4.69, 9.17) is 0 Å². The monoisotopic (exact) mass is 482 g/mol. The van der Waals surface area contributed by atoms with Crippen LogP contribution in [0.4, 0.5) is 0 Å². The van der Waals surface area contributed by atoms with E-state index in [9.17, 15) is 19.2 Å². The first-order valence-corrected chi connectivity index (χ1v) is 12.4. The second-order valence-electron chi connectivity index (χ2n) is 10.4. The summed E-state index contributed by atoms with van der Waals surface area (Å²) in [5.74, 6) is -0.429. The van der Waals surface area contributed by atoms with E-state index in [0.717, 1.165) is 30.4 Å². The Kier molecular flexibility index (Phi) is 6.82. The number of hydrogen-bond donors (Lipinski definition) is 2. The lowest BCUT2D eigenvalue weighted by molar-refractivity contribution is -0.123. The molecule has 0 saturated heterocycles. The fourth-order valence-corrected chi connectivity index (χ4v) is 4.69. The SMILES string of the molecule is CCCn1c(=O)c2ccc(C(=O)NC3CCCCC3)cc2n2c(=O)n(CC(=O)NC(C)(C)C)nc12. The second kappa shape index (κ2) is 9.67. The zero-order chi connectivity index (χ0) is 25.3. The summed E-state index contributed by atoms with van der Waals surface area (Å²) in [6.07, 6.45) is 5.94. The maximum Gasteiger partial charge on any atom is 0.352 e. The molecule has 10 heteroatoms. The first-order valence-electron chi connectivity index (χ1n) is 12.4. The number of carbonyl (C=O) groups is 2. The molecule has 0 aliphatic heterocycles. The molecule has 0 bridgehead atoms. The van der Waals surface area contributed by atoms with Crippen molar-refractivity contribution in [1.29, 1.82) is 0 Å². The van der Waals surface area contributed by atoms with Gasteiger partial charge in [-0.2, -0.15) is 0 Å². The number of benzene rings is 1. The summed E-state index contributed by atoms with van der Waals surface area (Å²) in [4.78, 5) is 52.1. The molecule has 4 rings (SSSR count). The molecule has 0 atom stereocenters. The van der Waals surface area contributed by atoms with E-state index in [2.05, 4.69) is 15.7 Å². The van der Waals surface area contributed by atoms with Gasteiger partial charge in [0, 0.05) is 23.7 Å². The number of rotatable bonds is 6. The van der Waals surface area contributed by atoms with Crippen LogP contribution >= 0.6 is 0 Å². The topological polar surface area (TPSA) is 120 Å². The summed E-state index contributed by atoms with van der Waals surface area (Å²) in [6, 6.07) is 4.92. The van der Waals surface area contributed by atoms with Gasteiger partial charge in [-0.05, 0) is 58.2 Å². The number of amides is 2. The standard InChI is InChI=1S/C25H34N6O4/c1-5-13-29-22(34)18-12-11-16(21(33)26-17-9-7-6-8-10-17)14-19(18)31-23(29)28-30(24(31)35)15-20(32)27-25(2,3)4/h11-12,14,17H,5-10,13,15H2,1-4H3,(H,26,33)(H,27,32). The number of fused-ring (bicyclic) bond motifs is 3. The number of aromatic nitrogens is 4. The van der Waals surface area contributed by atoms with Crippen molar-refractivity contribution in [3.05, 3.63) is 44.6 Å². The van der Waals surface area contributed by atoms with Gasteiger partial charge >= 0.3 is 5.69 Å². The van der Waals surface area contributed by atoms with Gasteiger partial charge in [-0.1, -0.05) is 26.2 Å². The summed E-state index contributed by atoms with van der Waals surface area (Å²) in [5, 5.41) is 10.6. The highest BCUT2D eigenvalue weighted by Gasteiger charge is 2.22. The summed E-state index contributed by atoms with van der Waals surface area (Å²) in [7, 11) is 0. The highest BCUT2D eigenvalue weighted by molar-refractivity contribution is 5.98. The van der Waals surface area contributed by atoms with Gasteiger partial charge in [0.2, 0.25) is 11.7 Å². The normalized spacial score (nSPS) is 15.0. The zero-order valence-electron chi connectivity index (χ0n) is 20.9. The lowest BCUT2D eigenvalue weighted by Gasteiger charge is -2.22. The number of nitrogens with one attached hydrogen (secondary N) is 2. The first kappa shape index (κ1) is 24.7. The molecule has 1 fully saturated rings. The quantitative estimate of drug-likeness (QED) is 0.558. The van der Waals surface area contributed by atoms with Crippen molar-refractivity contribution >= 4 is 28.5 Å². The molecular formula is C25H34N6O4. The molecule has 2 N–H and O–H groups in total. The van der Waals surface area contributed by atoms with Gasteiger partial charge in [0.1, 0.15) is 6.54 Å². The number of hydrogen-bond acceptors (Lipinski definition) is 5. The van der Waals surface area contributed by atoms with Gasteiger partial charge in [0.25, 0.3) is 11.5 Å². The highest BCUT2D eigenvalue weighted by atomic mass is 16.2. The van der Waals surface area contributed by atoms with Crippen molar-refractivity contribution in [3.8, 4) is 0 Å². The molecule has 1 aromatic carbocycles. The molecule has 35 heavy (non-hydrogen) atoms. The molecule has 1 saturated carbocycles. The van der Waals surface area contributed by atoms with E-state index < -0.39 is 11.2 Å². The second-order valence-corrected chi connectivity index (χ2v) is 10.4. The number of carbonyl (C=O) groups excluding carboxylic acids is 2. The third kappa shape index (κ3) is 5.16. The van der Waals surface area contributed by atoms with E-state index in [1.54, 1.807) is 18.2 Å². The van der Waals surface area contributed by atoms with Crippen molar-refractivity contribution in [2.45, 2.75) is 90.9 Å². The minimum absolute atomic E-state index is 0.135. The van der Waals surface area contributed by atoms with Crippen LogP contribution in [0.3, 0.4) is 0 Å². The molecule has 1 aliphatic rings. The maximum absolute atomic E-state index is 13.4. The molecule has 2 amide bonds. The summed E-state index contributed by atoms with van der Waals surface area (Å²) in [6.45, 7) is 7.57. The van der Waals surface area contributed by atoms with Gasteiger partial charge in [-0.15, -0.1) is 5.10 Å². The smallest absolute Gasteiger partial charge is 0.350 e. The average molecular weight is 483 g/mol. The third-order valence-electron chi connectivity index (χ3n) is 6.24. The van der Waals surface area contributed by atoms with Crippen LogP contribution in [-0.4, -0.2) is 42.1 Å². The Morgan fingerprint density at radius 3 is 2.49 bits per heavy atom. The van der Waals surface area contributed by atoms with E-state index in [0.29, 0.717) is 29.4 Å². The van der Waals surface area contributed by atoms with Crippen LogP contribution < -0.4 is 21.9 Å². The van der Waals surface area contributed by atoms with E-state index >= 15 is 0 Å². The van der Waals surface area contributed by atoms with Crippen LogP contribution in [0.1, 0.15) is 76.6 Å². The molecule has 0 radical (unpaired) electrons. The lowest BCUT2D eigenvalue weighted by Crippen LogP contribution is -2.43. The summed E-state index contributed by atoms with van der Waals surface area (Å²) >= 11 is 0. The van der Waals surface area contributed by atoms with Crippen LogP contribution in [0.5, 0.6) is 0 Å². The van der Waals surface area contributed by atoms with Crippen LogP contribution in [-0.2, 0) is 17.9 Å². The molecular weight excluding hydrogens is 448 g/mol. The van der Waals surface area contributed by atoms with Crippen molar-refractivity contribution in [1.82, 2.24) is 29.4 Å². The van der Waals surface area contributed by atoms with Crippen molar-refractivity contribution in [3.63, 3.8) is 0 Å². The zero-order valence-corrected chi connectivity index (χ0v) is 20.9. The highest BCUT2D eigenvalue weighted by Crippen LogP contribution is 2.19. The number of aryl methyl sites for hydroxylation is 1. The van der Waals surface area contributed by atoms with Crippen LogP contribution in [0.2, 0.25) is 0 Å². The molecule has 188 valence electrons. The van der Waals surface area contributed by atoms with E-state index in [-0.39, 0.29) is 35.7 Å². The molecule has 0 unspecified atom stereocenters. The van der Waals surface area contributed by atoms with E-state index in [1.807, 2.05) is 27.7 Å². The molecule has 10 nitrogen and oxygen atoms in total. The van der Waals surface area contributed by atoms with Gasteiger partial charge in [-0.3, -0.25) is 19.0 Å². The van der Waals surface area contributed by atoms with Gasteiger partial charge in [-0.25, -0.2) is 13.9 Å². The molecule has 2 heterocycles. The fraction of sp³-hybridized carbons (Fsp3) is 0.560.